The maximum absolute atomic E-state index is 11.2. The highest BCUT2D eigenvalue weighted by atomic mass is 16.7. The van der Waals surface area contributed by atoms with Crippen LogP contribution in [-0.4, -0.2) is 54.1 Å². The number of hydrogen-bond acceptors (Lipinski definition) is 6. The van der Waals surface area contributed by atoms with E-state index < -0.39 is 30.7 Å². The fraction of sp³-hybridized carbons (Fsp3) is 0.571. The Morgan fingerprint density at radius 3 is 1.88 bits per heavy atom. The zero-order valence-electron chi connectivity index (χ0n) is 20.3. The minimum atomic E-state index is -1.01. The van der Waals surface area contributed by atoms with E-state index in [9.17, 15) is 10.2 Å². The maximum atomic E-state index is 11.2. The van der Waals surface area contributed by atoms with Gasteiger partial charge in [-0.2, -0.15) is 0 Å². The predicted molar refractivity (Wildman–Crippen MR) is 131 cm³/mol. The van der Waals surface area contributed by atoms with Crippen molar-refractivity contribution in [2.45, 2.75) is 89.4 Å². The fourth-order valence-corrected chi connectivity index (χ4v) is 4.17. The van der Waals surface area contributed by atoms with Crippen molar-refractivity contribution in [1.29, 1.82) is 0 Å². The van der Waals surface area contributed by atoms with Crippen LogP contribution in [0.3, 0.4) is 0 Å². The van der Waals surface area contributed by atoms with Crippen LogP contribution in [0.5, 0.6) is 0 Å². The molecule has 0 spiro atoms. The molecule has 6 heteroatoms. The van der Waals surface area contributed by atoms with Crippen LogP contribution in [0.2, 0.25) is 0 Å². The number of benzene rings is 2. The molecule has 0 bridgehead atoms. The lowest BCUT2D eigenvalue weighted by atomic mass is 9.98. The first-order chi connectivity index (χ1) is 16.7. The molecule has 0 radical (unpaired) electrons. The van der Waals surface area contributed by atoms with Crippen LogP contribution in [0.1, 0.15) is 56.6 Å². The topological polar surface area (TPSA) is 77.4 Å². The van der Waals surface area contributed by atoms with Crippen LogP contribution in [-0.2, 0) is 32.2 Å². The molecule has 1 aliphatic heterocycles. The minimum Gasteiger partial charge on any atom is -0.394 e. The molecule has 0 aliphatic carbocycles. The maximum Gasteiger partial charge on any atom is 0.186 e. The van der Waals surface area contributed by atoms with Gasteiger partial charge in [0.05, 0.1) is 19.8 Å². The molecule has 5 atom stereocenters. The summed E-state index contributed by atoms with van der Waals surface area (Å²) < 4.78 is 24.2. The Morgan fingerprint density at radius 1 is 0.735 bits per heavy atom. The van der Waals surface area contributed by atoms with Gasteiger partial charge >= 0.3 is 0 Å². The molecule has 6 nitrogen and oxygen atoms in total. The van der Waals surface area contributed by atoms with E-state index in [0.29, 0.717) is 19.8 Å². The third kappa shape index (κ3) is 8.45. The molecule has 1 saturated heterocycles. The lowest BCUT2D eigenvalue weighted by molar-refractivity contribution is -0.319. The summed E-state index contributed by atoms with van der Waals surface area (Å²) in [7, 11) is 0. The molecule has 1 aliphatic rings. The summed E-state index contributed by atoms with van der Waals surface area (Å²) >= 11 is 0. The molecule has 2 aromatic rings. The summed E-state index contributed by atoms with van der Waals surface area (Å²) in [4.78, 5) is 0. The zero-order valence-corrected chi connectivity index (χ0v) is 20.3. The van der Waals surface area contributed by atoms with Gasteiger partial charge in [-0.05, 0) is 17.5 Å². The van der Waals surface area contributed by atoms with Gasteiger partial charge in [0.1, 0.15) is 24.4 Å². The van der Waals surface area contributed by atoms with Gasteiger partial charge in [-0.15, -0.1) is 0 Å². The third-order valence-corrected chi connectivity index (χ3v) is 6.15. The molecule has 0 amide bonds. The SMILES string of the molecule is CCCCCCCCO[C@@H]1O[C@H](CO)[C@H](OCc2ccccc2)[C@H](O)[C@H]1OCc1ccccc1. The van der Waals surface area contributed by atoms with E-state index >= 15 is 0 Å². The summed E-state index contributed by atoms with van der Waals surface area (Å²) in [6, 6.07) is 19.5. The largest absolute Gasteiger partial charge is 0.394 e. The van der Waals surface area contributed by atoms with Crippen molar-refractivity contribution in [2.75, 3.05) is 13.2 Å². The van der Waals surface area contributed by atoms with Gasteiger partial charge in [-0.25, -0.2) is 0 Å². The summed E-state index contributed by atoms with van der Waals surface area (Å²) in [5.74, 6) is 0. The Hall–Kier alpha value is -1.80. The average molecular weight is 473 g/mol. The number of aliphatic hydroxyl groups is 2. The lowest BCUT2D eigenvalue weighted by Gasteiger charge is -2.43. The average Bonchev–Trinajstić information content (AvgIpc) is 2.88. The van der Waals surface area contributed by atoms with Crippen LogP contribution in [0.15, 0.2) is 60.7 Å². The molecule has 0 aromatic heterocycles. The van der Waals surface area contributed by atoms with Crippen molar-refractivity contribution in [3.05, 3.63) is 71.8 Å². The van der Waals surface area contributed by atoms with Crippen molar-refractivity contribution in [3.63, 3.8) is 0 Å². The van der Waals surface area contributed by atoms with Gasteiger partial charge in [-0.3, -0.25) is 0 Å². The first kappa shape index (κ1) is 26.8. The van der Waals surface area contributed by atoms with Crippen LogP contribution < -0.4 is 0 Å². The van der Waals surface area contributed by atoms with Crippen LogP contribution in [0.25, 0.3) is 0 Å². The third-order valence-electron chi connectivity index (χ3n) is 6.15. The smallest absolute Gasteiger partial charge is 0.186 e. The van der Waals surface area contributed by atoms with Crippen molar-refractivity contribution in [3.8, 4) is 0 Å². The number of unbranched alkanes of at least 4 members (excludes halogenated alkanes) is 5. The van der Waals surface area contributed by atoms with E-state index in [0.717, 1.165) is 24.0 Å². The van der Waals surface area contributed by atoms with E-state index in [1.807, 2.05) is 60.7 Å². The summed E-state index contributed by atoms with van der Waals surface area (Å²) in [6.07, 6.45) is 2.97. The van der Waals surface area contributed by atoms with E-state index in [2.05, 4.69) is 6.92 Å². The van der Waals surface area contributed by atoms with E-state index in [4.69, 9.17) is 18.9 Å². The highest BCUT2D eigenvalue weighted by Crippen LogP contribution is 2.28. The highest BCUT2D eigenvalue weighted by molar-refractivity contribution is 5.14. The number of hydrogen-bond donors (Lipinski definition) is 2. The fourth-order valence-electron chi connectivity index (χ4n) is 4.17. The monoisotopic (exact) mass is 472 g/mol. The first-order valence-corrected chi connectivity index (χ1v) is 12.6. The number of rotatable bonds is 15. The first-order valence-electron chi connectivity index (χ1n) is 12.6. The summed E-state index contributed by atoms with van der Waals surface area (Å²) in [5.41, 5.74) is 1.98. The normalized spacial score (nSPS) is 24.9. The predicted octanol–water partition coefficient (Wildman–Crippen LogP) is 4.61. The van der Waals surface area contributed by atoms with Crippen molar-refractivity contribution >= 4 is 0 Å². The number of aliphatic hydroxyl groups excluding tert-OH is 2. The Morgan fingerprint density at radius 2 is 1.29 bits per heavy atom. The van der Waals surface area contributed by atoms with Crippen LogP contribution >= 0.6 is 0 Å². The van der Waals surface area contributed by atoms with Gasteiger partial charge in [0.25, 0.3) is 0 Å². The van der Waals surface area contributed by atoms with Gasteiger partial charge in [0, 0.05) is 6.61 Å². The Balaban J connectivity index is 1.61. The molecule has 2 N–H and O–H groups in total. The van der Waals surface area contributed by atoms with Crippen molar-refractivity contribution in [2.24, 2.45) is 0 Å². The molecule has 0 saturated carbocycles. The molecule has 34 heavy (non-hydrogen) atoms. The quantitative estimate of drug-likeness (QED) is 0.369. The Kier molecular flexibility index (Phi) is 12.0. The van der Waals surface area contributed by atoms with Crippen molar-refractivity contribution in [1.82, 2.24) is 0 Å². The molecule has 0 unspecified atom stereocenters. The second-order valence-electron chi connectivity index (χ2n) is 8.88. The zero-order chi connectivity index (χ0) is 24.0. The van der Waals surface area contributed by atoms with Gasteiger partial charge in [-0.1, -0.05) is 99.7 Å². The Bertz CT molecular complexity index is 771. The standard InChI is InChI=1S/C28H40O6/c1-2-3-4-5-6-13-18-31-28-27(33-21-23-16-11-8-12-17-23)25(30)26(24(19-29)34-28)32-20-22-14-9-7-10-15-22/h7-12,14-17,24-30H,2-6,13,18-21H2,1H3/t24-,25+,26+,27-,28-/m1/s1. The molecular formula is C28H40O6. The van der Waals surface area contributed by atoms with Gasteiger partial charge in [0.2, 0.25) is 0 Å². The second-order valence-corrected chi connectivity index (χ2v) is 8.88. The molecular weight excluding hydrogens is 432 g/mol. The van der Waals surface area contributed by atoms with Gasteiger partial charge < -0.3 is 29.2 Å². The van der Waals surface area contributed by atoms with E-state index in [1.54, 1.807) is 0 Å². The molecule has 188 valence electrons. The molecule has 2 aromatic carbocycles. The molecule has 3 rings (SSSR count). The van der Waals surface area contributed by atoms with Gasteiger partial charge in [0.15, 0.2) is 6.29 Å². The van der Waals surface area contributed by atoms with Crippen LogP contribution in [0, 0.1) is 0 Å². The number of ether oxygens (including phenoxy) is 4. The molecule has 1 fully saturated rings. The van der Waals surface area contributed by atoms with Crippen LogP contribution in [0.4, 0.5) is 0 Å². The van der Waals surface area contributed by atoms with E-state index in [1.165, 1.54) is 25.7 Å². The summed E-state index contributed by atoms with van der Waals surface area (Å²) in [5, 5.41) is 21.2. The highest BCUT2D eigenvalue weighted by Gasteiger charge is 2.47. The Labute approximate surface area is 203 Å². The summed E-state index contributed by atoms with van der Waals surface area (Å²) in [6.45, 7) is 3.06. The minimum absolute atomic E-state index is 0.279. The molecule has 1 heterocycles. The second kappa shape index (κ2) is 15.2. The lowest BCUT2D eigenvalue weighted by Crippen LogP contribution is -2.60. The van der Waals surface area contributed by atoms with E-state index in [-0.39, 0.29) is 6.61 Å². The van der Waals surface area contributed by atoms with Crippen molar-refractivity contribution < 1.29 is 29.2 Å².